The predicted molar refractivity (Wildman–Crippen MR) is 69.4 cm³/mol. The smallest absolute Gasteiger partial charge is 0.225 e. The molecule has 2 rings (SSSR count). The predicted octanol–water partition coefficient (Wildman–Crippen LogP) is 0.642. The fourth-order valence-electron chi connectivity index (χ4n) is 2.28. The first kappa shape index (κ1) is 13.2. The summed E-state index contributed by atoms with van der Waals surface area (Å²) in [6.45, 7) is 5.26. The lowest BCUT2D eigenvalue weighted by molar-refractivity contribution is 0.178. The molecule has 0 saturated carbocycles. The number of ether oxygens (including phenoxy) is 1. The zero-order valence-electron chi connectivity index (χ0n) is 10.9. The Hall–Kier alpha value is -1.27. The van der Waals surface area contributed by atoms with Gasteiger partial charge in [-0.05, 0) is 25.3 Å². The van der Waals surface area contributed by atoms with Gasteiger partial charge < -0.3 is 15.0 Å². The molecule has 2 heterocycles. The van der Waals surface area contributed by atoms with Gasteiger partial charge in [-0.2, -0.15) is 0 Å². The minimum absolute atomic E-state index is 0.669. The quantitative estimate of drug-likeness (QED) is 0.718. The van der Waals surface area contributed by atoms with E-state index in [1.807, 2.05) is 0 Å². The number of nitrogens with zero attached hydrogens (tertiary/aromatic N) is 4. The second kappa shape index (κ2) is 7.23. The van der Waals surface area contributed by atoms with Crippen LogP contribution in [0.3, 0.4) is 0 Å². The molecular formula is C12H21N5O. The Morgan fingerprint density at radius 1 is 1.44 bits per heavy atom. The summed E-state index contributed by atoms with van der Waals surface area (Å²) in [6.07, 6.45) is 5.39. The summed E-state index contributed by atoms with van der Waals surface area (Å²) < 4.78 is 5.07. The summed E-state index contributed by atoms with van der Waals surface area (Å²) in [7, 11) is 1.76. The second-order valence-corrected chi connectivity index (χ2v) is 4.64. The Labute approximate surface area is 108 Å². The van der Waals surface area contributed by atoms with Gasteiger partial charge in [-0.1, -0.05) is 0 Å². The zero-order chi connectivity index (χ0) is 12.6. The Kier molecular flexibility index (Phi) is 5.29. The molecule has 100 valence electrons. The molecular weight excluding hydrogens is 230 g/mol. The number of aromatic nitrogens is 3. The molecule has 0 radical (unpaired) electrons. The Morgan fingerprint density at radius 2 is 2.28 bits per heavy atom. The van der Waals surface area contributed by atoms with E-state index in [2.05, 4.69) is 25.2 Å². The molecule has 1 fully saturated rings. The number of nitrogens with one attached hydrogen (secondary N) is 1. The molecule has 1 aromatic heterocycles. The van der Waals surface area contributed by atoms with Gasteiger partial charge in [0.2, 0.25) is 5.95 Å². The van der Waals surface area contributed by atoms with Crippen molar-refractivity contribution in [1.82, 2.24) is 19.9 Å². The summed E-state index contributed by atoms with van der Waals surface area (Å²) in [4.78, 5) is 14.4. The highest BCUT2D eigenvalue weighted by Gasteiger charge is 2.21. The lowest BCUT2D eigenvalue weighted by Gasteiger charge is -2.15. The molecule has 1 aliphatic heterocycles. The summed E-state index contributed by atoms with van der Waals surface area (Å²) >= 11 is 0. The fraction of sp³-hybridized carbons (Fsp3) is 0.750. The van der Waals surface area contributed by atoms with E-state index in [0.29, 0.717) is 11.9 Å². The number of methoxy groups -OCH3 is 1. The van der Waals surface area contributed by atoms with Crippen LogP contribution in [0.4, 0.5) is 5.95 Å². The largest absolute Gasteiger partial charge is 0.385 e. The standard InChI is InChI=1S/C12H21N5O/c1-18-6-2-4-17-5-3-11(8-17)7-14-12-15-9-13-10-16-12/h9-11H,2-8H2,1H3,(H,13,14,15,16)/t11-/m0/s1. The van der Waals surface area contributed by atoms with Crippen molar-refractivity contribution < 1.29 is 4.74 Å². The van der Waals surface area contributed by atoms with Gasteiger partial charge >= 0.3 is 0 Å². The Balaban J connectivity index is 1.64. The fourth-order valence-corrected chi connectivity index (χ4v) is 2.28. The third-order valence-corrected chi connectivity index (χ3v) is 3.24. The highest BCUT2D eigenvalue weighted by atomic mass is 16.5. The van der Waals surface area contributed by atoms with Crippen LogP contribution in [0.5, 0.6) is 0 Å². The number of anilines is 1. The Morgan fingerprint density at radius 3 is 3.06 bits per heavy atom. The van der Waals surface area contributed by atoms with Gasteiger partial charge in [0.05, 0.1) is 0 Å². The van der Waals surface area contributed by atoms with Crippen molar-refractivity contribution >= 4 is 5.95 Å². The van der Waals surface area contributed by atoms with Gasteiger partial charge in [-0.25, -0.2) is 15.0 Å². The molecule has 6 heteroatoms. The topological polar surface area (TPSA) is 63.2 Å². The van der Waals surface area contributed by atoms with Gasteiger partial charge in [0.25, 0.3) is 0 Å². The highest BCUT2D eigenvalue weighted by molar-refractivity contribution is 5.20. The van der Waals surface area contributed by atoms with Gasteiger partial charge in [-0.3, -0.25) is 0 Å². The number of hydrogen-bond donors (Lipinski definition) is 1. The lowest BCUT2D eigenvalue weighted by atomic mass is 10.1. The van der Waals surface area contributed by atoms with Crippen LogP contribution in [0.2, 0.25) is 0 Å². The molecule has 0 bridgehead atoms. The highest BCUT2D eigenvalue weighted by Crippen LogP contribution is 2.16. The van der Waals surface area contributed by atoms with Crippen LogP contribution in [0.1, 0.15) is 12.8 Å². The third-order valence-electron chi connectivity index (χ3n) is 3.24. The Bertz CT molecular complexity index is 334. The van der Waals surface area contributed by atoms with E-state index in [9.17, 15) is 0 Å². The van der Waals surface area contributed by atoms with Crippen LogP contribution in [-0.2, 0) is 4.74 Å². The van der Waals surface area contributed by atoms with E-state index in [1.165, 1.54) is 25.6 Å². The minimum atomic E-state index is 0.669. The van der Waals surface area contributed by atoms with Crippen LogP contribution in [0.25, 0.3) is 0 Å². The van der Waals surface area contributed by atoms with Crippen LogP contribution in [-0.4, -0.2) is 59.7 Å². The summed E-state index contributed by atoms with van der Waals surface area (Å²) in [6, 6.07) is 0. The number of likely N-dealkylation sites (tertiary alicyclic amines) is 1. The van der Waals surface area contributed by atoms with Crippen LogP contribution in [0.15, 0.2) is 12.7 Å². The molecule has 1 aromatic rings. The normalized spacial score (nSPS) is 20.2. The molecule has 1 atom stereocenters. The van der Waals surface area contributed by atoms with E-state index in [1.54, 1.807) is 7.11 Å². The van der Waals surface area contributed by atoms with Crippen molar-refractivity contribution in [3.05, 3.63) is 12.7 Å². The van der Waals surface area contributed by atoms with Gasteiger partial charge in [0.15, 0.2) is 0 Å². The maximum absolute atomic E-state index is 5.07. The third kappa shape index (κ3) is 4.19. The average Bonchev–Trinajstić information content (AvgIpc) is 2.86. The molecule has 0 spiro atoms. The van der Waals surface area contributed by atoms with Crippen molar-refractivity contribution in [3.63, 3.8) is 0 Å². The molecule has 6 nitrogen and oxygen atoms in total. The van der Waals surface area contributed by atoms with Crippen molar-refractivity contribution in [2.75, 3.05) is 45.2 Å². The van der Waals surface area contributed by atoms with Gasteiger partial charge in [0.1, 0.15) is 12.7 Å². The zero-order valence-corrected chi connectivity index (χ0v) is 10.9. The van der Waals surface area contributed by atoms with Gasteiger partial charge in [0, 0.05) is 33.4 Å². The first-order chi connectivity index (χ1) is 8.88. The maximum atomic E-state index is 5.07. The van der Waals surface area contributed by atoms with Crippen LogP contribution >= 0.6 is 0 Å². The molecule has 1 N–H and O–H groups in total. The summed E-state index contributed by atoms with van der Waals surface area (Å²) in [5.41, 5.74) is 0. The minimum Gasteiger partial charge on any atom is -0.385 e. The van der Waals surface area contributed by atoms with Gasteiger partial charge in [-0.15, -0.1) is 0 Å². The average molecular weight is 251 g/mol. The van der Waals surface area contributed by atoms with E-state index < -0.39 is 0 Å². The van der Waals surface area contributed by atoms with Crippen molar-refractivity contribution in [2.24, 2.45) is 5.92 Å². The van der Waals surface area contributed by atoms with Crippen LogP contribution in [0, 0.1) is 5.92 Å². The first-order valence-electron chi connectivity index (χ1n) is 6.45. The van der Waals surface area contributed by atoms with E-state index in [4.69, 9.17) is 4.74 Å². The summed E-state index contributed by atoms with van der Waals surface area (Å²) in [5.74, 6) is 1.35. The summed E-state index contributed by atoms with van der Waals surface area (Å²) in [5, 5.41) is 3.26. The molecule has 0 unspecified atom stereocenters. The van der Waals surface area contributed by atoms with Crippen molar-refractivity contribution in [1.29, 1.82) is 0 Å². The monoisotopic (exact) mass is 251 g/mol. The number of rotatable bonds is 7. The maximum Gasteiger partial charge on any atom is 0.225 e. The second-order valence-electron chi connectivity index (χ2n) is 4.64. The van der Waals surface area contributed by atoms with E-state index >= 15 is 0 Å². The molecule has 18 heavy (non-hydrogen) atoms. The lowest BCUT2D eigenvalue weighted by Crippen LogP contribution is -2.25. The van der Waals surface area contributed by atoms with E-state index in [-0.39, 0.29) is 0 Å². The van der Waals surface area contributed by atoms with Crippen LogP contribution < -0.4 is 5.32 Å². The molecule has 0 aromatic carbocycles. The molecule has 0 amide bonds. The number of hydrogen-bond acceptors (Lipinski definition) is 6. The molecule has 1 aliphatic rings. The van der Waals surface area contributed by atoms with Crippen molar-refractivity contribution in [3.8, 4) is 0 Å². The SMILES string of the molecule is COCCCN1CC[C@@H](CNc2ncncn2)C1. The van der Waals surface area contributed by atoms with Crippen molar-refractivity contribution in [2.45, 2.75) is 12.8 Å². The van der Waals surface area contributed by atoms with E-state index in [0.717, 1.165) is 32.7 Å². The first-order valence-corrected chi connectivity index (χ1v) is 6.45. The molecule has 1 saturated heterocycles. The molecule has 0 aliphatic carbocycles.